The molecule has 9 heteroatoms. The SMILES string of the molecule is O=S(=O)(O)C(CN1CCOCC1)N1CCOCC1CCO. The number of aliphatic hydroxyl groups is 1. The van der Waals surface area contributed by atoms with Gasteiger partial charge in [-0.3, -0.25) is 14.4 Å². The third-order valence-electron chi connectivity index (χ3n) is 3.97. The van der Waals surface area contributed by atoms with E-state index in [0.717, 1.165) is 0 Å². The van der Waals surface area contributed by atoms with Gasteiger partial charge < -0.3 is 14.6 Å². The number of nitrogens with zero attached hydrogens (tertiary/aromatic N) is 2. The van der Waals surface area contributed by atoms with Crippen LogP contribution in [-0.4, -0.2) is 98.5 Å². The van der Waals surface area contributed by atoms with Crippen molar-refractivity contribution in [1.82, 2.24) is 9.80 Å². The third-order valence-corrected chi connectivity index (χ3v) is 5.07. The van der Waals surface area contributed by atoms with Crippen molar-refractivity contribution in [2.45, 2.75) is 17.8 Å². The Bertz CT molecular complexity index is 410. The standard InChI is InChI=1S/C12H24N2O6S/c15-5-1-11-10-20-8-4-14(11)12(21(16,17)18)9-13-2-6-19-7-3-13/h11-12,15H,1-10H2,(H,16,17,18). The van der Waals surface area contributed by atoms with Gasteiger partial charge in [0.25, 0.3) is 10.1 Å². The van der Waals surface area contributed by atoms with E-state index in [1.165, 1.54) is 0 Å². The summed E-state index contributed by atoms with van der Waals surface area (Å²) in [6.45, 7) is 3.88. The second-order valence-corrected chi connectivity index (χ2v) is 6.94. The minimum atomic E-state index is -4.21. The van der Waals surface area contributed by atoms with Crippen LogP contribution in [0.25, 0.3) is 0 Å². The lowest BCUT2D eigenvalue weighted by atomic mass is 10.1. The molecular weight excluding hydrogens is 300 g/mol. The quantitative estimate of drug-likeness (QED) is 0.577. The minimum Gasteiger partial charge on any atom is -0.396 e. The summed E-state index contributed by atoms with van der Waals surface area (Å²) in [6, 6.07) is -0.197. The zero-order valence-corrected chi connectivity index (χ0v) is 12.9. The Morgan fingerprint density at radius 1 is 1.14 bits per heavy atom. The first-order chi connectivity index (χ1) is 10.0. The van der Waals surface area contributed by atoms with E-state index in [2.05, 4.69) is 0 Å². The molecule has 2 aliphatic heterocycles. The van der Waals surface area contributed by atoms with Gasteiger partial charge in [-0.2, -0.15) is 8.42 Å². The first-order valence-electron chi connectivity index (χ1n) is 7.23. The number of aliphatic hydroxyl groups excluding tert-OH is 1. The van der Waals surface area contributed by atoms with E-state index in [0.29, 0.717) is 52.5 Å². The van der Waals surface area contributed by atoms with Crippen LogP contribution in [-0.2, 0) is 19.6 Å². The summed E-state index contributed by atoms with van der Waals surface area (Å²) in [7, 11) is -4.21. The van der Waals surface area contributed by atoms with Crippen LogP contribution in [0.2, 0.25) is 0 Å². The van der Waals surface area contributed by atoms with Crippen LogP contribution in [0.4, 0.5) is 0 Å². The molecule has 0 spiro atoms. The number of hydrogen-bond donors (Lipinski definition) is 2. The first kappa shape index (κ1) is 17.1. The van der Waals surface area contributed by atoms with Crippen LogP contribution in [0, 0.1) is 0 Å². The van der Waals surface area contributed by atoms with E-state index < -0.39 is 15.5 Å². The molecule has 2 heterocycles. The lowest BCUT2D eigenvalue weighted by Crippen LogP contribution is -2.58. The molecule has 124 valence electrons. The van der Waals surface area contributed by atoms with Crippen LogP contribution in [0.3, 0.4) is 0 Å². The third kappa shape index (κ3) is 4.85. The Labute approximate surface area is 125 Å². The molecule has 2 rings (SSSR count). The summed E-state index contributed by atoms with van der Waals surface area (Å²) in [5, 5.41) is 8.13. The summed E-state index contributed by atoms with van der Waals surface area (Å²) in [5.41, 5.74) is 0. The van der Waals surface area contributed by atoms with Gasteiger partial charge in [0.15, 0.2) is 5.37 Å². The van der Waals surface area contributed by atoms with Crippen molar-refractivity contribution in [2.24, 2.45) is 0 Å². The molecule has 2 aliphatic rings. The van der Waals surface area contributed by atoms with Crippen molar-refractivity contribution < 1.29 is 27.6 Å². The van der Waals surface area contributed by atoms with Crippen LogP contribution in [0.1, 0.15) is 6.42 Å². The molecule has 0 aromatic carbocycles. The van der Waals surface area contributed by atoms with Gasteiger partial charge in [0.2, 0.25) is 0 Å². The summed E-state index contributed by atoms with van der Waals surface area (Å²) in [4.78, 5) is 3.72. The monoisotopic (exact) mass is 324 g/mol. The predicted octanol–water partition coefficient (Wildman–Crippen LogP) is -1.38. The molecule has 21 heavy (non-hydrogen) atoms. The normalized spacial score (nSPS) is 27.6. The van der Waals surface area contributed by atoms with Crippen LogP contribution in [0.5, 0.6) is 0 Å². The number of hydrogen-bond acceptors (Lipinski definition) is 7. The maximum absolute atomic E-state index is 11.8. The number of rotatable bonds is 6. The highest BCUT2D eigenvalue weighted by atomic mass is 32.2. The van der Waals surface area contributed by atoms with Gasteiger partial charge in [0, 0.05) is 38.8 Å². The van der Waals surface area contributed by atoms with Gasteiger partial charge in [-0.05, 0) is 6.42 Å². The predicted molar refractivity (Wildman–Crippen MR) is 75.6 cm³/mol. The molecule has 2 fully saturated rings. The van der Waals surface area contributed by atoms with Gasteiger partial charge in [-0.1, -0.05) is 0 Å². The molecule has 0 amide bonds. The lowest BCUT2D eigenvalue weighted by molar-refractivity contribution is -0.0345. The van der Waals surface area contributed by atoms with E-state index >= 15 is 0 Å². The molecular formula is C12H24N2O6S. The largest absolute Gasteiger partial charge is 0.396 e. The molecule has 0 aromatic rings. The molecule has 0 saturated carbocycles. The Morgan fingerprint density at radius 2 is 1.81 bits per heavy atom. The van der Waals surface area contributed by atoms with Crippen molar-refractivity contribution >= 4 is 10.1 Å². The van der Waals surface area contributed by atoms with Gasteiger partial charge >= 0.3 is 0 Å². The first-order valence-corrected chi connectivity index (χ1v) is 8.73. The lowest BCUT2D eigenvalue weighted by Gasteiger charge is -2.41. The molecule has 2 saturated heterocycles. The second kappa shape index (κ2) is 7.82. The zero-order chi connectivity index (χ0) is 15.3. The van der Waals surface area contributed by atoms with Gasteiger partial charge in [0.1, 0.15) is 0 Å². The molecule has 2 atom stereocenters. The summed E-state index contributed by atoms with van der Waals surface area (Å²) >= 11 is 0. The van der Waals surface area contributed by atoms with Crippen molar-refractivity contribution in [3.05, 3.63) is 0 Å². The van der Waals surface area contributed by atoms with E-state index in [9.17, 15) is 13.0 Å². The maximum Gasteiger partial charge on any atom is 0.282 e. The fourth-order valence-electron chi connectivity index (χ4n) is 2.82. The molecule has 2 unspecified atom stereocenters. The molecule has 0 aromatic heterocycles. The summed E-state index contributed by atoms with van der Waals surface area (Å²) < 4.78 is 43.8. The highest BCUT2D eigenvalue weighted by molar-refractivity contribution is 7.86. The molecule has 8 nitrogen and oxygen atoms in total. The van der Waals surface area contributed by atoms with Gasteiger partial charge in [0.05, 0.1) is 26.4 Å². The van der Waals surface area contributed by atoms with Gasteiger partial charge in [-0.15, -0.1) is 0 Å². The fraction of sp³-hybridized carbons (Fsp3) is 1.00. The average Bonchev–Trinajstić information content (AvgIpc) is 2.46. The summed E-state index contributed by atoms with van der Waals surface area (Å²) in [5.74, 6) is 0. The van der Waals surface area contributed by atoms with Crippen molar-refractivity contribution in [3.63, 3.8) is 0 Å². The van der Waals surface area contributed by atoms with E-state index in [1.807, 2.05) is 4.90 Å². The smallest absolute Gasteiger partial charge is 0.282 e. The fourth-order valence-corrected chi connectivity index (χ4v) is 3.84. The molecule has 0 radical (unpaired) electrons. The van der Waals surface area contributed by atoms with E-state index in [1.54, 1.807) is 4.90 Å². The van der Waals surface area contributed by atoms with Crippen LogP contribution < -0.4 is 0 Å². The van der Waals surface area contributed by atoms with Crippen molar-refractivity contribution in [3.8, 4) is 0 Å². The van der Waals surface area contributed by atoms with Crippen LogP contribution >= 0.6 is 0 Å². The Balaban J connectivity index is 2.09. The van der Waals surface area contributed by atoms with Crippen molar-refractivity contribution in [1.29, 1.82) is 0 Å². The number of ether oxygens (including phenoxy) is 2. The van der Waals surface area contributed by atoms with Crippen LogP contribution in [0.15, 0.2) is 0 Å². The summed E-state index contributed by atoms with van der Waals surface area (Å²) in [6.07, 6.45) is 0.426. The number of morpholine rings is 2. The van der Waals surface area contributed by atoms with Gasteiger partial charge in [-0.25, -0.2) is 0 Å². The Morgan fingerprint density at radius 3 is 2.43 bits per heavy atom. The highest BCUT2D eigenvalue weighted by Crippen LogP contribution is 2.19. The Kier molecular flexibility index (Phi) is 6.35. The molecule has 0 aliphatic carbocycles. The molecule has 0 bridgehead atoms. The average molecular weight is 324 g/mol. The minimum absolute atomic E-state index is 0.0414. The second-order valence-electron chi connectivity index (χ2n) is 5.36. The van der Waals surface area contributed by atoms with E-state index in [4.69, 9.17) is 14.6 Å². The molecule has 2 N–H and O–H groups in total. The topological polar surface area (TPSA) is 99.5 Å². The maximum atomic E-state index is 11.8. The van der Waals surface area contributed by atoms with E-state index in [-0.39, 0.29) is 19.2 Å². The zero-order valence-electron chi connectivity index (χ0n) is 12.1. The Hall–Kier alpha value is -0.290. The highest BCUT2D eigenvalue weighted by Gasteiger charge is 2.37. The van der Waals surface area contributed by atoms with Crippen molar-refractivity contribution in [2.75, 3.05) is 59.2 Å².